The van der Waals surface area contributed by atoms with Gasteiger partial charge in [0.2, 0.25) is 0 Å². The Bertz CT molecular complexity index is 290. The van der Waals surface area contributed by atoms with E-state index in [9.17, 15) is 5.11 Å². The molecule has 0 spiro atoms. The van der Waals surface area contributed by atoms with E-state index in [4.69, 9.17) is 4.42 Å². The summed E-state index contributed by atoms with van der Waals surface area (Å²) in [6.07, 6.45) is 2.52. The second kappa shape index (κ2) is 4.34. The van der Waals surface area contributed by atoms with Crippen LogP contribution in [0.25, 0.3) is 0 Å². The third-order valence-corrected chi connectivity index (χ3v) is 8.05. The quantitative estimate of drug-likeness (QED) is 0.851. The van der Waals surface area contributed by atoms with E-state index in [-0.39, 0.29) is 0 Å². The van der Waals surface area contributed by atoms with Crippen molar-refractivity contribution in [1.82, 2.24) is 0 Å². The molecule has 0 aliphatic heterocycles. The number of aliphatic hydroxyl groups is 1. The van der Waals surface area contributed by atoms with Crippen LogP contribution < -0.4 is 0 Å². The van der Waals surface area contributed by atoms with Crippen molar-refractivity contribution in [1.29, 1.82) is 0 Å². The second-order valence-electron chi connectivity index (χ2n) is 5.95. The molecule has 0 aromatic carbocycles. The summed E-state index contributed by atoms with van der Waals surface area (Å²) in [6, 6.07) is 3.97. The zero-order valence-corrected chi connectivity index (χ0v) is 12.5. The van der Waals surface area contributed by atoms with Gasteiger partial charge in [-0.25, -0.2) is 0 Å². The van der Waals surface area contributed by atoms with Gasteiger partial charge in [0.25, 0.3) is 0 Å². The van der Waals surface area contributed by atoms with Gasteiger partial charge in [-0.3, -0.25) is 0 Å². The molecule has 0 saturated heterocycles. The number of furan rings is 1. The molecule has 3 heteroatoms. The molecule has 0 radical (unpaired) electrons. The Morgan fingerprint density at radius 2 is 2.00 bits per heavy atom. The molecule has 1 aromatic heterocycles. The van der Waals surface area contributed by atoms with Gasteiger partial charge in [0.1, 0.15) is 0 Å². The fraction of sp³-hybridized carbons (Fsp3) is 0.667. The summed E-state index contributed by atoms with van der Waals surface area (Å²) in [5.41, 5.74) is -0.615. The Hall–Kier alpha value is -0.217. The maximum atomic E-state index is 9.94. The Morgan fingerprint density at radius 3 is 2.33 bits per heavy atom. The van der Waals surface area contributed by atoms with E-state index in [0.29, 0.717) is 4.75 Å². The van der Waals surface area contributed by atoms with E-state index < -0.39 is 18.9 Å². The minimum absolute atomic E-state index is 0.431. The van der Waals surface area contributed by atoms with Crippen molar-refractivity contribution in [2.24, 2.45) is 0 Å². The first kappa shape index (κ1) is 12.9. The van der Waals surface area contributed by atoms with Crippen LogP contribution in [0.15, 0.2) is 22.8 Å². The zero-order valence-electron chi connectivity index (χ0n) is 10.4. The standard InChI is InChI=1S/C12H22GeO2/c1-12(2,14)9-10(13(3,4)5)11-7-6-8-15-11/h6-8,10,14H,9H2,1-5H3. The summed E-state index contributed by atoms with van der Waals surface area (Å²) in [5, 5.41) is 9.94. The third-order valence-electron chi connectivity index (χ3n) is 2.64. The summed E-state index contributed by atoms with van der Waals surface area (Å²) < 4.78 is 5.93. The van der Waals surface area contributed by atoms with Gasteiger partial charge >= 0.3 is 94.8 Å². The van der Waals surface area contributed by atoms with Crippen LogP contribution >= 0.6 is 0 Å². The molecule has 0 bridgehead atoms. The van der Waals surface area contributed by atoms with Crippen molar-refractivity contribution in [2.45, 2.75) is 47.9 Å². The molecular formula is C12H22GeO2. The summed E-state index contributed by atoms with van der Waals surface area (Å²) in [5.74, 6) is 8.13. The molecule has 1 aromatic rings. The van der Waals surface area contributed by atoms with Crippen LogP contribution in [0.1, 0.15) is 30.8 Å². The molecule has 0 fully saturated rings. The zero-order chi connectivity index (χ0) is 11.7. The molecule has 1 unspecified atom stereocenters. The predicted octanol–water partition coefficient (Wildman–Crippen LogP) is 3.40. The summed E-state index contributed by atoms with van der Waals surface area (Å²) >= 11 is -1.86. The first-order valence-corrected chi connectivity index (χ1v) is 13.0. The molecular weight excluding hydrogens is 249 g/mol. The van der Waals surface area contributed by atoms with E-state index in [1.165, 1.54) is 0 Å². The van der Waals surface area contributed by atoms with Gasteiger partial charge in [-0.05, 0) is 0 Å². The Balaban J connectivity index is 2.90. The molecule has 1 atom stereocenters. The van der Waals surface area contributed by atoms with E-state index in [2.05, 4.69) is 17.3 Å². The molecule has 1 heterocycles. The van der Waals surface area contributed by atoms with Crippen molar-refractivity contribution in [3.8, 4) is 0 Å². The topological polar surface area (TPSA) is 33.4 Å². The van der Waals surface area contributed by atoms with Crippen molar-refractivity contribution >= 4 is 13.3 Å². The van der Waals surface area contributed by atoms with Gasteiger partial charge in [-0.2, -0.15) is 0 Å². The first-order chi connectivity index (χ1) is 6.70. The molecule has 1 rings (SSSR count). The molecule has 2 nitrogen and oxygen atoms in total. The second-order valence-corrected chi connectivity index (χ2v) is 17.3. The van der Waals surface area contributed by atoms with Crippen molar-refractivity contribution in [3.05, 3.63) is 24.2 Å². The van der Waals surface area contributed by atoms with Crippen LogP contribution in [-0.4, -0.2) is 24.0 Å². The average molecular weight is 271 g/mol. The van der Waals surface area contributed by atoms with Gasteiger partial charge in [0, 0.05) is 0 Å². The van der Waals surface area contributed by atoms with E-state index in [0.717, 1.165) is 12.2 Å². The SMILES string of the molecule is CC(C)(O)C[CH](c1ccco1)[Ge]([CH3])([CH3])[CH3]. The normalized spacial score (nSPS) is 15.3. The van der Waals surface area contributed by atoms with Crippen LogP contribution in [0.4, 0.5) is 0 Å². The fourth-order valence-corrected chi connectivity index (χ4v) is 6.29. The average Bonchev–Trinajstić information content (AvgIpc) is 2.47. The van der Waals surface area contributed by atoms with Crippen molar-refractivity contribution in [3.63, 3.8) is 0 Å². The molecule has 86 valence electrons. The van der Waals surface area contributed by atoms with Gasteiger partial charge in [0.05, 0.1) is 0 Å². The summed E-state index contributed by atoms with van der Waals surface area (Å²) in [4.78, 5) is 0. The maximum absolute atomic E-state index is 9.94. The van der Waals surface area contributed by atoms with Gasteiger partial charge < -0.3 is 0 Å². The molecule has 0 aliphatic rings. The van der Waals surface area contributed by atoms with Crippen LogP contribution in [0.2, 0.25) is 17.3 Å². The van der Waals surface area contributed by atoms with E-state index >= 15 is 0 Å². The fourth-order valence-electron chi connectivity index (χ4n) is 1.82. The van der Waals surface area contributed by atoms with E-state index in [1.807, 2.05) is 26.0 Å². The monoisotopic (exact) mass is 272 g/mol. The van der Waals surface area contributed by atoms with Crippen LogP contribution in [0, 0.1) is 0 Å². The van der Waals surface area contributed by atoms with Gasteiger partial charge in [-0.15, -0.1) is 0 Å². The van der Waals surface area contributed by atoms with Crippen LogP contribution in [0.5, 0.6) is 0 Å². The third kappa shape index (κ3) is 4.03. The van der Waals surface area contributed by atoms with E-state index in [1.54, 1.807) is 6.26 Å². The Labute approximate surface area is 95.0 Å². The Kier molecular flexibility index (Phi) is 3.72. The van der Waals surface area contributed by atoms with Crippen molar-refractivity contribution < 1.29 is 9.52 Å². The summed E-state index contributed by atoms with van der Waals surface area (Å²) in [7, 11) is 0. The minimum atomic E-state index is -1.86. The van der Waals surface area contributed by atoms with Gasteiger partial charge in [-0.1, -0.05) is 0 Å². The molecule has 0 amide bonds. The van der Waals surface area contributed by atoms with Crippen LogP contribution in [-0.2, 0) is 0 Å². The summed E-state index contributed by atoms with van der Waals surface area (Å²) in [6.45, 7) is 3.74. The number of hydrogen-bond donors (Lipinski definition) is 1. The number of rotatable bonds is 4. The Morgan fingerprint density at radius 1 is 1.40 bits per heavy atom. The number of hydrogen-bond acceptors (Lipinski definition) is 2. The van der Waals surface area contributed by atoms with Crippen molar-refractivity contribution in [2.75, 3.05) is 0 Å². The molecule has 0 aliphatic carbocycles. The first-order valence-electron chi connectivity index (χ1n) is 5.46. The molecule has 1 N–H and O–H groups in total. The molecule has 0 saturated carbocycles. The van der Waals surface area contributed by atoms with Crippen LogP contribution in [0.3, 0.4) is 0 Å². The molecule has 15 heavy (non-hydrogen) atoms. The predicted molar refractivity (Wildman–Crippen MR) is 65.7 cm³/mol. The van der Waals surface area contributed by atoms with Gasteiger partial charge in [0.15, 0.2) is 0 Å².